The second-order valence-electron chi connectivity index (χ2n) is 5.19. The van der Waals surface area contributed by atoms with Crippen LogP contribution in [0.25, 0.3) is 11.6 Å². The first-order valence-electron chi connectivity index (χ1n) is 7.46. The Kier molecular flexibility index (Phi) is 4.36. The predicted molar refractivity (Wildman–Crippen MR) is 96.0 cm³/mol. The third-order valence-corrected chi connectivity index (χ3v) is 5.01. The van der Waals surface area contributed by atoms with E-state index in [9.17, 15) is 0 Å². The summed E-state index contributed by atoms with van der Waals surface area (Å²) >= 11 is 7.70. The highest BCUT2D eigenvalue weighted by molar-refractivity contribution is 7.17. The second kappa shape index (κ2) is 6.26. The topological polar surface area (TPSA) is 41.1 Å². The van der Waals surface area contributed by atoms with Gasteiger partial charge in [0.25, 0.3) is 0 Å². The van der Waals surface area contributed by atoms with Crippen LogP contribution in [0, 0.1) is 6.92 Å². The number of anilines is 2. The van der Waals surface area contributed by atoms with Crippen molar-refractivity contribution < 1.29 is 0 Å². The maximum absolute atomic E-state index is 6.08. The Morgan fingerprint density at radius 1 is 1.32 bits per heavy atom. The molecule has 2 aromatic heterocycles. The van der Waals surface area contributed by atoms with Crippen molar-refractivity contribution in [1.82, 2.24) is 9.97 Å². The van der Waals surface area contributed by atoms with E-state index in [2.05, 4.69) is 39.3 Å². The van der Waals surface area contributed by atoms with Gasteiger partial charge < -0.3 is 10.2 Å². The van der Waals surface area contributed by atoms with Crippen molar-refractivity contribution in [2.45, 2.75) is 20.8 Å². The van der Waals surface area contributed by atoms with Crippen LogP contribution in [0.5, 0.6) is 0 Å². The molecule has 22 heavy (non-hydrogen) atoms. The largest absolute Gasteiger partial charge is 0.354 e. The number of aromatic nitrogens is 2. The average Bonchev–Trinajstić information content (AvgIpc) is 2.93. The number of likely N-dealkylation sites (N-methyl/N-ethyl adjacent to an activating group) is 1. The lowest BCUT2D eigenvalue weighted by atomic mass is 10.0. The molecule has 1 aliphatic heterocycles. The van der Waals surface area contributed by atoms with E-state index in [1.165, 1.54) is 10.5 Å². The molecule has 0 unspecified atom stereocenters. The van der Waals surface area contributed by atoms with Gasteiger partial charge in [0.15, 0.2) is 0 Å². The first-order valence-corrected chi connectivity index (χ1v) is 8.65. The molecular weight excluding hydrogens is 316 g/mol. The standard InChI is InChI=1S/C16H19ClN4S/c1-4-18-16-19-10(3)12-8-11(13-6-7-14(17)22-13)9-21(5-2)15(12)20-16/h6-8H,4-5,9H2,1-3H3,(H,18,19,20). The first kappa shape index (κ1) is 15.3. The van der Waals surface area contributed by atoms with Crippen molar-refractivity contribution in [2.75, 3.05) is 29.9 Å². The number of thiophene rings is 1. The Morgan fingerprint density at radius 3 is 2.77 bits per heavy atom. The number of halogens is 1. The molecule has 0 bridgehead atoms. The van der Waals surface area contributed by atoms with Gasteiger partial charge in [0.2, 0.25) is 5.95 Å². The van der Waals surface area contributed by atoms with Crippen LogP contribution in [-0.2, 0) is 0 Å². The van der Waals surface area contributed by atoms with E-state index in [-0.39, 0.29) is 0 Å². The smallest absolute Gasteiger partial charge is 0.224 e. The zero-order chi connectivity index (χ0) is 15.7. The zero-order valence-corrected chi connectivity index (χ0v) is 14.6. The van der Waals surface area contributed by atoms with Crippen LogP contribution in [0.1, 0.15) is 30.0 Å². The van der Waals surface area contributed by atoms with E-state index >= 15 is 0 Å². The summed E-state index contributed by atoms with van der Waals surface area (Å²) in [6.45, 7) is 8.82. The summed E-state index contributed by atoms with van der Waals surface area (Å²) in [6, 6.07) is 4.03. The Labute approximate surface area is 139 Å². The van der Waals surface area contributed by atoms with Crippen molar-refractivity contribution in [3.05, 3.63) is 32.6 Å². The summed E-state index contributed by atoms with van der Waals surface area (Å²) < 4.78 is 0.820. The molecule has 0 aliphatic carbocycles. The van der Waals surface area contributed by atoms with Gasteiger partial charge >= 0.3 is 0 Å². The van der Waals surface area contributed by atoms with Crippen LogP contribution in [0.15, 0.2) is 12.1 Å². The van der Waals surface area contributed by atoms with Gasteiger partial charge in [0.1, 0.15) is 5.82 Å². The van der Waals surface area contributed by atoms with E-state index in [1.807, 2.05) is 19.9 Å². The minimum Gasteiger partial charge on any atom is -0.354 e. The lowest BCUT2D eigenvalue weighted by Crippen LogP contribution is -2.29. The van der Waals surface area contributed by atoms with Gasteiger partial charge in [0, 0.05) is 30.1 Å². The molecule has 2 aromatic rings. The van der Waals surface area contributed by atoms with E-state index in [4.69, 9.17) is 11.6 Å². The van der Waals surface area contributed by atoms with Gasteiger partial charge in [-0.05, 0) is 44.6 Å². The molecule has 1 N–H and O–H groups in total. The molecule has 3 heterocycles. The Morgan fingerprint density at radius 2 is 2.14 bits per heavy atom. The average molecular weight is 335 g/mol. The molecule has 0 spiro atoms. The molecular formula is C16H19ClN4S. The number of nitrogens with one attached hydrogen (secondary N) is 1. The normalized spacial score (nSPS) is 13.8. The summed E-state index contributed by atoms with van der Waals surface area (Å²) in [5.74, 6) is 1.71. The Hall–Kier alpha value is -1.59. The molecule has 0 atom stereocenters. The lowest BCUT2D eigenvalue weighted by molar-refractivity contribution is 0.869. The second-order valence-corrected chi connectivity index (χ2v) is 6.90. The van der Waals surface area contributed by atoms with Crippen LogP contribution < -0.4 is 10.2 Å². The zero-order valence-electron chi connectivity index (χ0n) is 13.0. The van der Waals surface area contributed by atoms with Crippen LogP contribution in [0.3, 0.4) is 0 Å². The molecule has 0 amide bonds. The minimum absolute atomic E-state index is 0.702. The molecule has 0 aromatic carbocycles. The van der Waals surface area contributed by atoms with Gasteiger partial charge in [-0.3, -0.25) is 0 Å². The molecule has 0 radical (unpaired) electrons. The fourth-order valence-electron chi connectivity index (χ4n) is 2.61. The SMILES string of the molecule is CCNc1nc(C)c2c(n1)N(CC)CC(c1ccc(Cl)s1)=C2. The monoisotopic (exact) mass is 334 g/mol. The van der Waals surface area contributed by atoms with E-state index in [0.717, 1.165) is 41.0 Å². The van der Waals surface area contributed by atoms with Gasteiger partial charge in [0.05, 0.1) is 10.0 Å². The van der Waals surface area contributed by atoms with Gasteiger partial charge in [-0.2, -0.15) is 4.98 Å². The number of nitrogens with zero attached hydrogens (tertiary/aromatic N) is 3. The summed E-state index contributed by atoms with van der Waals surface area (Å²) in [5.41, 5.74) is 3.38. The van der Waals surface area contributed by atoms with Crippen LogP contribution >= 0.6 is 22.9 Å². The van der Waals surface area contributed by atoms with Gasteiger partial charge in [-0.1, -0.05) is 11.6 Å². The summed E-state index contributed by atoms with van der Waals surface area (Å²) in [7, 11) is 0. The molecule has 0 fully saturated rings. The quantitative estimate of drug-likeness (QED) is 0.904. The summed E-state index contributed by atoms with van der Waals surface area (Å²) in [5, 5.41) is 3.20. The molecule has 0 saturated heterocycles. The van der Waals surface area contributed by atoms with E-state index in [0.29, 0.717) is 5.95 Å². The number of aryl methyl sites for hydroxylation is 1. The number of rotatable bonds is 4. The van der Waals surface area contributed by atoms with Crippen molar-refractivity contribution in [3.63, 3.8) is 0 Å². The van der Waals surface area contributed by atoms with Crippen LogP contribution in [-0.4, -0.2) is 29.6 Å². The summed E-state index contributed by atoms with van der Waals surface area (Å²) in [6.07, 6.45) is 2.20. The molecule has 116 valence electrons. The predicted octanol–water partition coefficient (Wildman–Crippen LogP) is 4.31. The fourth-order valence-corrected chi connectivity index (χ4v) is 3.66. The molecule has 4 nitrogen and oxygen atoms in total. The highest BCUT2D eigenvalue weighted by Crippen LogP contribution is 2.36. The van der Waals surface area contributed by atoms with Gasteiger partial charge in [-0.25, -0.2) is 4.98 Å². The van der Waals surface area contributed by atoms with Crippen molar-refractivity contribution in [3.8, 4) is 0 Å². The minimum atomic E-state index is 0.702. The highest BCUT2D eigenvalue weighted by Gasteiger charge is 2.22. The summed E-state index contributed by atoms with van der Waals surface area (Å²) in [4.78, 5) is 12.7. The Bertz CT molecular complexity index is 723. The maximum Gasteiger partial charge on any atom is 0.224 e. The third kappa shape index (κ3) is 2.83. The lowest BCUT2D eigenvalue weighted by Gasteiger charge is -2.29. The van der Waals surface area contributed by atoms with Gasteiger partial charge in [-0.15, -0.1) is 11.3 Å². The van der Waals surface area contributed by atoms with Crippen molar-refractivity contribution in [2.24, 2.45) is 0 Å². The number of fused-ring (bicyclic) bond motifs is 1. The number of hydrogen-bond donors (Lipinski definition) is 1. The Balaban J connectivity index is 2.08. The van der Waals surface area contributed by atoms with E-state index < -0.39 is 0 Å². The highest BCUT2D eigenvalue weighted by atomic mass is 35.5. The molecule has 3 rings (SSSR count). The van der Waals surface area contributed by atoms with Crippen LogP contribution in [0.2, 0.25) is 4.34 Å². The van der Waals surface area contributed by atoms with Crippen molar-refractivity contribution in [1.29, 1.82) is 0 Å². The van der Waals surface area contributed by atoms with E-state index in [1.54, 1.807) is 11.3 Å². The van der Waals surface area contributed by atoms with Crippen LogP contribution in [0.4, 0.5) is 11.8 Å². The molecule has 6 heteroatoms. The third-order valence-electron chi connectivity index (χ3n) is 3.70. The molecule has 1 aliphatic rings. The molecule has 0 saturated carbocycles. The maximum atomic E-state index is 6.08. The van der Waals surface area contributed by atoms with Crippen molar-refractivity contribution >= 4 is 46.4 Å². The fraction of sp³-hybridized carbons (Fsp3) is 0.375. The first-order chi connectivity index (χ1) is 10.6. The number of hydrogen-bond acceptors (Lipinski definition) is 5.